The van der Waals surface area contributed by atoms with E-state index in [1.807, 2.05) is 6.92 Å². The van der Waals surface area contributed by atoms with Crippen LogP contribution in [0.25, 0.3) is 0 Å². The Kier molecular flexibility index (Phi) is 5.94. The van der Waals surface area contributed by atoms with Crippen molar-refractivity contribution in [3.63, 3.8) is 0 Å². The van der Waals surface area contributed by atoms with Gasteiger partial charge in [-0.2, -0.15) is 15.0 Å². The minimum Gasteiger partial charge on any atom is -0.464 e. The molecule has 1 aromatic rings. The standard InChI is InChI=1S/C13H24N6O2/c1-2-21-13-17-11(16-12(18-13)19-14)15-7-9-5-3-4-6-10(9)8-20/h9-10,20H,2-8,14H2,1H3,(H2,15,16,17,18,19). The summed E-state index contributed by atoms with van der Waals surface area (Å²) in [6.45, 7) is 3.30. The Morgan fingerprint density at radius 2 is 1.90 bits per heavy atom. The van der Waals surface area contributed by atoms with Crippen LogP contribution in [-0.2, 0) is 0 Å². The molecule has 8 nitrogen and oxygen atoms in total. The predicted molar refractivity (Wildman–Crippen MR) is 79.8 cm³/mol. The molecule has 5 N–H and O–H groups in total. The number of hydrogen-bond donors (Lipinski definition) is 4. The van der Waals surface area contributed by atoms with Gasteiger partial charge < -0.3 is 15.2 Å². The van der Waals surface area contributed by atoms with Gasteiger partial charge >= 0.3 is 6.01 Å². The van der Waals surface area contributed by atoms with Crippen LogP contribution < -0.4 is 21.3 Å². The van der Waals surface area contributed by atoms with Crippen molar-refractivity contribution in [2.75, 3.05) is 30.5 Å². The van der Waals surface area contributed by atoms with E-state index in [9.17, 15) is 5.11 Å². The Bertz CT molecular complexity index is 445. The van der Waals surface area contributed by atoms with Gasteiger partial charge in [0.25, 0.3) is 0 Å². The number of aliphatic hydroxyl groups excluding tert-OH is 1. The second-order valence-electron chi connectivity index (χ2n) is 5.21. The summed E-state index contributed by atoms with van der Waals surface area (Å²) in [5.41, 5.74) is 2.40. The van der Waals surface area contributed by atoms with Crippen LogP contribution in [-0.4, -0.2) is 39.8 Å². The van der Waals surface area contributed by atoms with Gasteiger partial charge in [0.15, 0.2) is 0 Å². The summed E-state index contributed by atoms with van der Waals surface area (Å²) in [6.07, 6.45) is 4.60. The number of nitrogen functional groups attached to an aromatic ring is 1. The second kappa shape index (κ2) is 7.94. The molecule has 0 spiro atoms. The predicted octanol–water partition coefficient (Wildman–Crippen LogP) is 0.766. The van der Waals surface area contributed by atoms with E-state index < -0.39 is 0 Å². The maximum atomic E-state index is 9.44. The molecule has 0 radical (unpaired) electrons. The van der Waals surface area contributed by atoms with E-state index in [0.29, 0.717) is 24.4 Å². The van der Waals surface area contributed by atoms with Gasteiger partial charge in [-0.3, -0.25) is 5.43 Å². The minimum atomic E-state index is 0.239. The van der Waals surface area contributed by atoms with Crippen molar-refractivity contribution in [2.24, 2.45) is 17.7 Å². The molecule has 1 heterocycles. The molecule has 2 unspecified atom stereocenters. The first kappa shape index (κ1) is 15.7. The molecule has 2 rings (SSSR count). The topological polar surface area (TPSA) is 118 Å². The number of hydrogen-bond acceptors (Lipinski definition) is 8. The first-order chi connectivity index (χ1) is 10.3. The van der Waals surface area contributed by atoms with Gasteiger partial charge in [-0.05, 0) is 31.6 Å². The van der Waals surface area contributed by atoms with Gasteiger partial charge in [-0.1, -0.05) is 12.8 Å². The van der Waals surface area contributed by atoms with Crippen LogP contribution in [0, 0.1) is 11.8 Å². The van der Waals surface area contributed by atoms with E-state index in [4.69, 9.17) is 10.6 Å². The quantitative estimate of drug-likeness (QED) is 0.430. The summed E-state index contributed by atoms with van der Waals surface area (Å²) in [4.78, 5) is 12.4. The average Bonchev–Trinajstić information content (AvgIpc) is 2.53. The van der Waals surface area contributed by atoms with Crippen LogP contribution >= 0.6 is 0 Å². The zero-order chi connectivity index (χ0) is 15.1. The first-order valence-electron chi connectivity index (χ1n) is 7.47. The Hall–Kier alpha value is -1.67. The molecule has 8 heteroatoms. The molecular weight excluding hydrogens is 272 g/mol. The summed E-state index contributed by atoms with van der Waals surface area (Å²) in [6, 6.07) is 0.241. The molecule has 0 saturated heterocycles. The molecule has 1 saturated carbocycles. The number of nitrogens with two attached hydrogens (primary N) is 1. The lowest BCUT2D eigenvalue weighted by molar-refractivity contribution is 0.141. The lowest BCUT2D eigenvalue weighted by Gasteiger charge is -2.30. The summed E-state index contributed by atoms with van der Waals surface area (Å²) < 4.78 is 5.29. The molecular formula is C13H24N6O2. The van der Waals surface area contributed by atoms with E-state index in [2.05, 4.69) is 25.7 Å². The van der Waals surface area contributed by atoms with Gasteiger partial charge in [0.05, 0.1) is 6.61 Å². The van der Waals surface area contributed by atoms with Crippen molar-refractivity contribution in [1.29, 1.82) is 0 Å². The van der Waals surface area contributed by atoms with Crippen molar-refractivity contribution in [2.45, 2.75) is 32.6 Å². The van der Waals surface area contributed by atoms with E-state index in [1.54, 1.807) is 0 Å². The van der Waals surface area contributed by atoms with Crippen LogP contribution in [0.1, 0.15) is 32.6 Å². The van der Waals surface area contributed by atoms with Gasteiger partial charge in [-0.15, -0.1) is 0 Å². The zero-order valence-electron chi connectivity index (χ0n) is 12.4. The normalized spacial score (nSPS) is 21.9. The fraction of sp³-hybridized carbons (Fsp3) is 0.769. The highest BCUT2D eigenvalue weighted by atomic mass is 16.5. The molecule has 0 bridgehead atoms. The Morgan fingerprint density at radius 3 is 2.57 bits per heavy atom. The molecule has 0 aromatic carbocycles. The van der Waals surface area contributed by atoms with Crippen molar-refractivity contribution in [3.05, 3.63) is 0 Å². The summed E-state index contributed by atoms with van der Waals surface area (Å²) in [5.74, 6) is 6.83. The molecule has 1 aromatic heterocycles. The molecule has 1 aliphatic rings. The number of anilines is 2. The monoisotopic (exact) mass is 296 g/mol. The van der Waals surface area contributed by atoms with Crippen molar-refractivity contribution >= 4 is 11.9 Å². The number of nitrogens with one attached hydrogen (secondary N) is 2. The lowest BCUT2D eigenvalue weighted by atomic mass is 9.80. The SMILES string of the molecule is CCOc1nc(NN)nc(NCC2CCCCC2CO)n1. The third-order valence-electron chi connectivity index (χ3n) is 3.84. The minimum absolute atomic E-state index is 0.239. The summed E-state index contributed by atoms with van der Waals surface area (Å²) >= 11 is 0. The second-order valence-corrected chi connectivity index (χ2v) is 5.21. The maximum absolute atomic E-state index is 9.44. The lowest BCUT2D eigenvalue weighted by Crippen LogP contribution is -2.29. The highest BCUT2D eigenvalue weighted by Gasteiger charge is 2.24. The fourth-order valence-corrected chi connectivity index (χ4v) is 2.71. The third kappa shape index (κ3) is 4.40. The molecule has 0 aliphatic heterocycles. The zero-order valence-corrected chi connectivity index (χ0v) is 12.4. The highest BCUT2D eigenvalue weighted by Crippen LogP contribution is 2.29. The number of rotatable bonds is 7. The molecule has 0 amide bonds. The number of hydrazine groups is 1. The van der Waals surface area contributed by atoms with Gasteiger partial charge in [0.1, 0.15) is 0 Å². The van der Waals surface area contributed by atoms with Crippen molar-refractivity contribution in [1.82, 2.24) is 15.0 Å². The van der Waals surface area contributed by atoms with Crippen molar-refractivity contribution < 1.29 is 9.84 Å². The maximum Gasteiger partial charge on any atom is 0.323 e. The number of nitrogens with zero attached hydrogens (tertiary/aromatic N) is 3. The smallest absolute Gasteiger partial charge is 0.323 e. The van der Waals surface area contributed by atoms with Gasteiger partial charge in [0, 0.05) is 13.2 Å². The fourth-order valence-electron chi connectivity index (χ4n) is 2.71. The van der Waals surface area contributed by atoms with Crippen LogP contribution in [0.3, 0.4) is 0 Å². The van der Waals surface area contributed by atoms with Gasteiger partial charge in [0.2, 0.25) is 11.9 Å². The van der Waals surface area contributed by atoms with E-state index in [0.717, 1.165) is 19.4 Å². The summed E-state index contributed by atoms with van der Waals surface area (Å²) in [5, 5.41) is 12.6. The molecule has 2 atom stereocenters. The number of aliphatic hydroxyl groups is 1. The van der Waals surface area contributed by atoms with E-state index >= 15 is 0 Å². The Balaban J connectivity index is 1.99. The molecule has 1 fully saturated rings. The highest BCUT2D eigenvalue weighted by molar-refractivity contribution is 5.34. The van der Waals surface area contributed by atoms with Crippen LogP contribution in [0.15, 0.2) is 0 Å². The molecule has 1 aliphatic carbocycles. The van der Waals surface area contributed by atoms with E-state index in [1.165, 1.54) is 12.8 Å². The average molecular weight is 296 g/mol. The third-order valence-corrected chi connectivity index (χ3v) is 3.84. The first-order valence-corrected chi connectivity index (χ1v) is 7.47. The molecule has 21 heavy (non-hydrogen) atoms. The van der Waals surface area contributed by atoms with Crippen LogP contribution in [0.4, 0.5) is 11.9 Å². The van der Waals surface area contributed by atoms with Crippen LogP contribution in [0.5, 0.6) is 6.01 Å². The number of aromatic nitrogens is 3. The summed E-state index contributed by atoms with van der Waals surface area (Å²) in [7, 11) is 0. The Morgan fingerprint density at radius 1 is 1.19 bits per heavy atom. The Labute approximate surface area is 124 Å². The van der Waals surface area contributed by atoms with E-state index in [-0.39, 0.29) is 18.6 Å². The van der Waals surface area contributed by atoms with Crippen LogP contribution in [0.2, 0.25) is 0 Å². The molecule has 118 valence electrons. The van der Waals surface area contributed by atoms with Crippen molar-refractivity contribution in [3.8, 4) is 6.01 Å². The largest absolute Gasteiger partial charge is 0.464 e. The number of ether oxygens (including phenoxy) is 1. The van der Waals surface area contributed by atoms with Gasteiger partial charge in [-0.25, -0.2) is 5.84 Å².